The number of aromatic nitrogens is 3. The van der Waals surface area contributed by atoms with Crippen molar-refractivity contribution >= 4 is 5.91 Å². The number of alkyl halides is 3. The number of nitrogens with zero attached hydrogens (tertiary/aromatic N) is 4. The molecule has 1 aromatic carbocycles. The number of hydrogen-bond acceptors (Lipinski definition) is 7. The quantitative estimate of drug-likeness (QED) is 0.593. The minimum atomic E-state index is -4.77. The van der Waals surface area contributed by atoms with Crippen LogP contribution in [0.5, 0.6) is 17.4 Å². The van der Waals surface area contributed by atoms with Gasteiger partial charge in [-0.1, -0.05) is 0 Å². The van der Waals surface area contributed by atoms with E-state index < -0.39 is 6.36 Å². The van der Waals surface area contributed by atoms with Gasteiger partial charge in [0.05, 0.1) is 37.7 Å². The third kappa shape index (κ3) is 4.88. The van der Waals surface area contributed by atoms with Crippen molar-refractivity contribution in [2.75, 3.05) is 20.3 Å². The molecule has 3 aromatic rings. The van der Waals surface area contributed by atoms with Crippen molar-refractivity contribution in [3.8, 4) is 28.6 Å². The normalized spacial score (nSPS) is 13.8. The Morgan fingerprint density at radius 3 is 2.66 bits per heavy atom. The van der Waals surface area contributed by atoms with Gasteiger partial charge in [-0.15, -0.1) is 13.2 Å². The molecule has 166 valence electrons. The van der Waals surface area contributed by atoms with Gasteiger partial charge in [-0.2, -0.15) is 4.98 Å². The predicted octanol–water partition coefficient (Wildman–Crippen LogP) is 3.48. The monoisotopic (exact) mass is 446 g/mol. The summed E-state index contributed by atoms with van der Waals surface area (Å²) >= 11 is 0. The molecule has 0 fully saturated rings. The number of ether oxygens (including phenoxy) is 3. The van der Waals surface area contributed by atoms with E-state index in [1.165, 1.54) is 37.6 Å². The SMILES string of the molecule is COc1ccnc(CN2CCOc3cnc(-c4ccc(OC(F)(F)F)cc4)cc3C2=O)n1. The first-order valence-electron chi connectivity index (χ1n) is 9.46. The molecule has 0 N–H and O–H groups in total. The van der Waals surface area contributed by atoms with E-state index in [1.807, 2.05) is 0 Å². The first-order chi connectivity index (χ1) is 15.3. The van der Waals surface area contributed by atoms with Crippen LogP contribution in [-0.2, 0) is 6.54 Å². The summed E-state index contributed by atoms with van der Waals surface area (Å²) in [6.07, 6.45) is -1.81. The van der Waals surface area contributed by atoms with Gasteiger partial charge in [-0.25, -0.2) is 4.98 Å². The van der Waals surface area contributed by atoms with Crippen molar-refractivity contribution in [2.45, 2.75) is 12.9 Å². The van der Waals surface area contributed by atoms with Crippen molar-refractivity contribution in [3.63, 3.8) is 0 Å². The van der Waals surface area contributed by atoms with Gasteiger partial charge in [0, 0.05) is 17.8 Å². The summed E-state index contributed by atoms with van der Waals surface area (Å²) in [4.78, 5) is 27.4. The van der Waals surface area contributed by atoms with Crippen LogP contribution >= 0.6 is 0 Å². The Morgan fingerprint density at radius 1 is 1.16 bits per heavy atom. The van der Waals surface area contributed by atoms with E-state index in [1.54, 1.807) is 23.2 Å². The number of hydrogen-bond donors (Lipinski definition) is 0. The first kappa shape index (κ1) is 21.3. The number of carbonyl (C=O) groups excluding carboxylic acids is 1. The number of methoxy groups -OCH3 is 1. The lowest BCUT2D eigenvalue weighted by atomic mass is 10.1. The largest absolute Gasteiger partial charge is 0.573 e. The summed E-state index contributed by atoms with van der Waals surface area (Å²) in [5, 5.41) is 0. The first-order valence-corrected chi connectivity index (χ1v) is 9.46. The van der Waals surface area contributed by atoms with E-state index in [0.717, 1.165) is 0 Å². The van der Waals surface area contributed by atoms with Gasteiger partial charge in [-0.3, -0.25) is 9.78 Å². The van der Waals surface area contributed by atoms with Crippen LogP contribution in [0.3, 0.4) is 0 Å². The highest BCUT2D eigenvalue weighted by Gasteiger charge is 2.31. The molecule has 0 bridgehead atoms. The average molecular weight is 446 g/mol. The molecule has 1 aliphatic heterocycles. The minimum Gasteiger partial charge on any atom is -0.489 e. The molecule has 3 heterocycles. The van der Waals surface area contributed by atoms with E-state index >= 15 is 0 Å². The Kier molecular flexibility index (Phi) is 5.80. The van der Waals surface area contributed by atoms with E-state index in [0.29, 0.717) is 35.3 Å². The van der Waals surface area contributed by atoms with Crippen LogP contribution in [0, 0.1) is 0 Å². The number of carbonyl (C=O) groups is 1. The molecule has 2 aromatic heterocycles. The van der Waals surface area contributed by atoms with Crippen molar-refractivity contribution < 1.29 is 32.2 Å². The smallest absolute Gasteiger partial charge is 0.489 e. The summed E-state index contributed by atoms with van der Waals surface area (Å²) in [6, 6.07) is 8.37. The molecular formula is C21H17F3N4O4. The highest BCUT2D eigenvalue weighted by atomic mass is 19.4. The minimum absolute atomic E-state index is 0.153. The van der Waals surface area contributed by atoms with E-state index in [-0.39, 0.29) is 30.4 Å². The van der Waals surface area contributed by atoms with E-state index in [2.05, 4.69) is 19.7 Å². The van der Waals surface area contributed by atoms with Gasteiger partial charge >= 0.3 is 6.36 Å². The Bertz CT molecular complexity index is 1120. The molecule has 0 unspecified atom stereocenters. The van der Waals surface area contributed by atoms with Crippen LogP contribution < -0.4 is 14.2 Å². The van der Waals surface area contributed by atoms with Gasteiger partial charge in [0.2, 0.25) is 5.88 Å². The average Bonchev–Trinajstić information content (AvgIpc) is 2.92. The van der Waals surface area contributed by atoms with Crippen LogP contribution in [-0.4, -0.2) is 52.4 Å². The second-order valence-corrected chi connectivity index (χ2v) is 6.73. The van der Waals surface area contributed by atoms with Crippen LogP contribution in [0.15, 0.2) is 48.8 Å². The standard InChI is InChI=1S/C21H17F3N4O4/c1-30-19-6-7-25-18(27-19)12-28-8-9-31-17-11-26-16(10-15(17)20(28)29)13-2-4-14(5-3-13)32-21(22,23)24/h2-7,10-11H,8-9,12H2,1H3. The molecule has 0 radical (unpaired) electrons. The Balaban J connectivity index is 1.58. The number of halogens is 3. The van der Waals surface area contributed by atoms with E-state index in [4.69, 9.17) is 9.47 Å². The zero-order valence-corrected chi connectivity index (χ0v) is 16.8. The number of benzene rings is 1. The van der Waals surface area contributed by atoms with Crippen molar-refractivity contribution in [2.24, 2.45) is 0 Å². The molecule has 32 heavy (non-hydrogen) atoms. The van der Waals surface area contributed by atoms with Gasteiger partial charge in [0.15, 0.2) is 5.82 Å². The summed E-state index contributed by atoms with van der Waals surface area (Å²) in [7, 11) is 1.49. The van der Waals surface area contributed by atoms with Gasteiger partial charge < -0.3 is 19.1 Å². The maximum absolute atomic E-state index is 13.2. The second-order valence-electron chi connectivity index (χ2n) is 6.73. The third-order valence-electron chi connectivity index (χ3n) is 4.61. The lowest BCUT2D eigenvalue weighted by Crippen LogP contribution is -2.32. The number of rotatable bonds is 5. The van der Waals surface area contributed by atoms with Crippen LogP contribution in [0.4, 0.5) is 13.2 Å². The topological polar surface area (TPSA) is 86.7 Å². The second kappa shape index (κ2) is 8.69. The number of pyridine rings is 1. The molecule has 1 amide bonds. The fourth-order valence-corrected chi connectivity index (χ4v) is 3.14. The lowest BCUT2D eigenvalue weighted by molar-refractivity contribution is -0.274. The zero-order valence-electron chi connectivity index (χ0n) is 16.8. The summed E-state index contributed by atoms with van der Waals surface area (Å²) in [6.45, 7) is 0.722. The molecule has 11 heteroatoms. The molecule has 4 rings (SSSR count). The molecular weight excluding hydrogens is 429 g/mol. The third-order valence-corrected chi connectivity index (χ3v) is 4.61. The molecule has 0 saturated heterocycles. The van der Waals surface area contributed by atoms with Crippen molar-refractivity contribution in [3.05, 3.63) is 60.2 Å². The highest BCUT2D eigenvalue weighted by Crippen LogP contribution is 2.30. The fraction of sp³-hybridized carbons (Fsp3) is 0.238. The van der Waals surface area contributed by atoms with E-state index in [9.17, 15) is 18.0 Å². The van der Waals surface area contributed by atoms with Gasteiger partial charge in [-0.05, 0) is 30.3 Å². The predicted molar refractivity (Wildman–Crippen MR) is 105 cm³/mol. The van der Waals surface area contributed by atoms with Gasteiger partial charge in [0.25, 0.3) is 5.91 Å². The molecule has 0 saturated carbocycles. The molecule has 0 atom stereocenters. The Labute approximate surface area is 180 Å². The molecule has 8 nitrogen and oxygen atoms in total. The highest BCUT2D eigenvalue weighted by molar-refractivity contribution is 5.98. The van der Waals surface area contributed by atoms with Crippen LogP contribution in [0.1, 0.15) is 16.2 Å². The number of fused-ring (bicyclic) bond motifs is 1. The van der Waals surface area contributed by atoms with Crippen molar-refractivity contribution in [1.82, 2.24) is 19.9 Å². The Hall–Kier alpha value is -3.89. The van der Waals surface area contributed by atoms with Crippen molar-refractivity contribution in [1.29, 1.82) is 0 Å². The number of amides is 1. The fourth-order valence-electron chi connectivity index (χ4n) is 3.14. The summed E-state index contributed by atoms with van der Waals surface area (Å²) in [5.41, 5.74) is 1.20. The molecule has 0 spiro atoms. The van der Waals surface area contributed by atoms with Crippen LogP contribution in [0.2, 0.25) is 0 Å². The lowest BCUT2D eigenvalue weighted by Gasteiger charge is -2.19. The molecule has 0 aliphatic carbocycles. The maximum Gasteiger partial charge on any atom is 0.573 e. The summed E-state index contributed by atoms with van der Waals surface area (Å²) in [5.74, 6) is 0.475. The molecule has 1 aliphatic rings. The van der Waals surface area contributed by atoms with Gasteiger partial charge in [0.1, 0.15) is 18.1 Å². The zero-order chi connectivity index (χ0) is 22.7. The Morgan fingerprint density at radius 2 is 1.94 bits per heavy atom. The van der Waals surface area contributed by atoms with Crippen LogP contribution in [0.25, 0.3) is 11.3 Å². The summed E-state index contributed by atoms with van der Waals surface area (Å²) < 4.78 is 51.7. The maximum atomic E-state index is 13.2.